The summed E-state index contributed by atoms with van der Waals surface area (Å²) in [5, 5.41) is 8.41. The van der Waals surface area contributed by atoms with Crippen LogP contribution in [0.3, 0.4) is 0 Å². The molecule has 2 aromatic rings. The lowest BCUT2D eigenvalue weighted by Gasteiger charge is -2.14. The smallest absolute Gasteiger partial charge is 0.204 e. The van der Waals surface area contributed by atoms with Crippen LogP contribution < -0.4 is 10.7 Å². The van der Waals surface area contributed by atoms with Gasteiger partial charge in [0.05, 0.1) is 5.69 Å². The fraction of sp³-hybridized carbons (Fsp3) is 0.375. The third kappa shape index (κ3) is 3.93. The number of aryl methyl sites for hydroxylation is 1. The van der Waals surface area contributed by atoms with Gasteiger partial charge < -0.3 is 5.32 Å². The summed E-state index contributed by atoms with van der Waals surface area (Å²) in [5.41, 5.74) is 2.11. The molecule has 0 aliphatic rings. The highest BCUT2D eigenvalue weighted by atomic mass is 35.5. The molecule has 1 atom stereocenters. The Balaban J connectivity index is 2.36. The summed E-state index contributed by atoms with van der Waals surface area (Å²) < 4.78 is 1.75. The summed E-state index contributed by atoms with van der Waals surface area (Å²) in [6.07, 6.45) is 1.01. The predicted octanol–water partition coefficient (Wildman–Crippen LogP) is 3.08. The van der Waals surface area contributed by atoms with Gasteiger partial charge in [-0.25, -0.2) is 4.68 Å². The Kier molecular flexibility index (Phi) is 5.15. The van der Waals surface area contributed by atoms with E-state index in [0.29, 0.717) is 23.3 Å². The Labute approximate surface area is 129 Å². The van der Waals surface area contributed by atoms with Gasteiger partial charge in [0.1, 0.15) is 5.69 Å². The van der Waals surface area contributed by atoms with Gasteiger partial charge >= 0.3 is 0 Å². The number of halogens is 1. The van der Waals surface area contributed by atoms with E-state index in [2.05, 4.69) is 24.3 Å². The number of hydrogen-bond donors (Lipinski definition) is 1. The second-order valence-electron chi connectivity index (χ2n) is 5.18. The zero-order valence-electron chi connectivity index (χ0n) is 12.6. The van der Waals surface area contributed by atoms with E-state index >= 15 is 0 Å². The van der Waals surface area contributed by atoms with Gasteiger partial charge in [-0.1, -0.05) is 24.6 Å². The highest BCUT2D eigenvalue weighted by molar-refractivity contribution is 6.30. The van der Waals surface area contributed by atoms with Crippen molar-refractivity contribution in [2.24, 2.45) is 0 Å². The van der Waals surface area contributed by atoms with E-state index in [0.717, 1.165) is 17.8 Å². The van der Waals surface area contributed by atoms with Gasteiger partial charge in [0.15, 0.2) is 0 Å². The minimum atomic E-state index is -0.0402. The number of nitrogens with zero attached hydrogens (tertiary/aromatic N) is 2. The average molecular weight is 306 g/mol. The molecule has 1 heterocycles. The number of rotatable bonds is 5. The lowest BCUT2D eigenvalue weighted by molar-refractivity contribution is 0.521. The average Bonchev–Trinajstić information content (AvgIpc) is 2.46. The van der Waals surface area contributed by atoms with Crippen molar-refractivity contribution >= 4 is 11.6 Å². The molecule has 0 radical (unpaired) electrons. The maximum absolute atomic E-state index is 12.0. The fourth-order valence-corrected chi connectivity index (χ4v) is 2.17. The molecular formula is C16H20ClN3O. The van der Waals surface area contributed by atoms with Crippen LogP contribution in [0.15, 0.2) is 35.1 Å². The minimum Gasteiger partial charge on any atom is -0.308 e. The van der Waals surface area contributed by atoms with Crippen LogP contribution in [-0.4, -0.2) is 15.8 Å². The van der Waals surface area contributed by atoms with Crippen LogP contribution in [0.2, 0.25) is 5.02 Å². The van der Waals surface area contributed by atoms with Crippen molar-refractivity contribution in [1.82, 2.24) is 15.1 Å². The quantitative estimate of drug-likeness (QED) is 0.923. The zero-order chi connectivity index (χ0) is 15.4. The fourth-order valence-electron chi connectivity index (χ4n) is 1.99. The molecule has 21 heavy (non-hydrogen) atoms. The minimum absolute atomic E-state index is 0.0402. The molecule has 1 unspecified atom stereocenters. The second kappa shape index (κ2) is 6.87. The lowest BCUT2D eigenvalue weighted by atomic mass is 10.2. The molecular weight excluding hydrogens is 286 g/mol. The highest BCUT2D eigenvalue weighted by Gasteiger charge is 2.09. The topological polar surface area (TPSA) is 46.9 Å². The van der Waals surface area contributed by atoms with Crippen molar-refractivity contribution in [2.45, 2.75) is 39.8 Å². The van der Waals surface area contributed by atoms with E-state index in [1.165, 1.54) is 0 Å². The molecule has 0 saturated heterocycles. The Morgan fingerprint density at radius 3 is 2.81 bits per heavy atom. The normalized spacial score (nSPS) is 12.4. The standard InChI is InChI=1S/C16H20ClN3O/c1-4-11(2)18-10-15-16(21)8-12(3)20(19-15)14-7-5-6-13(17)9-14/h5-9,11,18H,4,10H2,1-3H3. The maximum Gasteiger partial charge on any atom is 0.204 e. The van der Waals surface area contributed by atoms with Crippen LogP contribution in [0.1, 0.15) is 31.7 Å². The van der Waals surface area contributed by atoms with Crippen LogP contribution in [0.5, 0.6) is 0 Å². The summed E-state index contributed by atoms with van der Waals surface area (Å²) in [7, 11) is 0. The number of aromatic nitrogens is 2. The Hall–Kier alpha value is -1.65. The third-order valence-electron chi connectivity index (χ3n) is 3.46. The predicted molar refractivity (Wildman–Crippen MR) is 86.2 cm³/mol. The Morgan fingerprint density at radius 2 is 2.14 bits per heavy atom. The molecule has 1 N–H and O–H groups in total. The maximum atomic E-state index is 12.0. The van der Waals surface area contributed by atoms with Crippen molar-refractivity contribution in [3.05, 3.63) is 57.0 Å². The molecule has 0 bridgehead atoms. The van der Waals surface area contributed by atoms with Gasteiger partial charge in [-0.2, -0.15) is 5.10 Å². The zero-order valence-corrected chi connectivity index (χ0v) is 13.3. The number of benzene rings is 1. The first kappa shape index (κ1) is 15.7. The molecule has 0 aliphatic heterocycles. The van der Waals surface area contributed by atoms with E-state index in [9.17, 15) is 4.79 Å². The molecule has 5 heteroatoms. The Morgan fingerprint density at radius 1 is 1.38 bits per heavy atom. The molecule has 0 saturated carbocycles. The highest BCUT2D eigenvalue weighted by Crippen LogP contribution is 2.15. The molecule has 0 fully saturated rings. The number of nitrogens with one attached hydrogen (secondary N) is 1. The van der Waals surface area contributed by atoms with Gasteiger partial charge in [0, 0.05) is 29.4 Å². The molecule has 0 amide bonds. The van der Waals surface area contributed by atoms with Crippen molar-refractivity contribution in [3.8, 4) is 5.69 Å². The van der Waals surface area contributed by atoms with Gasteiger partial charge in [-0.15, -0.1) is 0 Å². The molecule has 4 nitrogen and oxygen atoms in total. The first-order valence-electron chi connectivity index (χ1n) is 7.10. The summed E-state index contributed by atoms with van der Waals surface area (Å²) in [6, 6.07) is 9.40. The molecule has 2 rings (SSSR count). The summed E-state index contributed by atoms with van der Waals surface area (Å²) in [4.78, 5) is 12.0. The summed E-state index contributed by atoms with van der Waals surface area (Å²) >= 11 is 6.02. The summed E-state index contributed by atoms with van der Waals surface area (Å²) in [5.74, 6) is 0. The van der Waals surface area contributed by atoms with Crippen molar-refractivity contribution in [3.63, 3.8) is 0 Å². The van der Waals surface area contributed by atoms with Crippen LogP contribution in [-0.2, 0) is 6.54 Å². The first-order chi connectivity index (χ1) is 10.0. The van der Waals surface area contributed by atoms with E-state index in [1.807, 2.05) is 31.2 Å². The van der Waals surface area contributed by atoms with E-state index in [4.69, 9.17) is 11.6 Å². The molecule has 0 spiro atoms. The monoisotopic (exact) mass is 305 g/mol. The molecule has 0 aliphatic carbocycles. The van der Waals surface area contributed by atoms with Gasteiger partial charge in [0.25, 0.3) is 0 Å². The van der Waals surface area contributed by atoms with Gasteiger partial charge in [-0.05, 0) is 38.5 Å². The van der Waals surface area contributed by atoms with Crippen molar-refractivity contribution in [2.75, 3.05) is 0 Å². The van der Waals surface area contributed by atoms with Crippen molar-refractivity contribution in [1.29, 1.82) is 0 Å². The number of hydrogen-bond acceptors (Lipinski definition) is 3. The van der Waals surface area contributed by atoms with E-state index in [-0.39, 0.29) is 5.43 Å². The first-order valence-corrected chi connectivity index (χ1v) is 7.48. The SMILES string of the molecule is CCC(C)NCc1nn(-c2cccc(Cl)c2)c(C)cc1=O. The van der Waals surface area contributed by atoms with Crippen LogP contribution in [0.4, 0.5) is 0 Å². The van der Waals surface area contributed by atoms with Crippen molar-refractivity contribution < 1.29 is 0 Å². The van der Waals surface area contributed by atoms with Gasteiger partial charge in [0.2, 0.25) is 5.43 Å². The Bertz CT molecular complexity index is 681. The second-order valence-corrected chi connectivity index (χ2v) is 5.61. The summed E-state index contributed by atoms with van der Waals surface area (Å²) in [6.45, 7) is 6.52. The van der Waals surface area contributed by atoms with Crippen LogP contribution >= 0.6 is 11.6 Å². The van der Waals surface area contributed by atoms with Gasteiger partial charge in [-0.3, -0.25) is 4.79 Å². The van der Waals surface area contributed by atoms with E-state index in [1.54, 1.807) is 10.7 Å². The van der Waals surface area contributed by atoms with Crippen LogP contribution in [0.25, 0.3) is 5.69 Å². The molecule has 1 aromatic carbocycles. The third-order valence-corrected chi connectivity index (χ3v) is 3.70. The largest absolute Gasteiger partial charge is 0.308 e. The van der Waals surface area contributed by atoms with E-state index < -0.39 is 0 Å². The lowest BCUT2D eigenvalue weighted by Crippen LogP contribution is -2.29. The molecule has 1 aromatic heterocycles. The van der Waals surface area contributed by atoms with Crippen LogP contribution in [0, 0.1) is 6.92 Å². The molecule has 112 valence electrons.